The highest BCUT2D eigenvalue weighted by Gasteiger charge is 2.66. The summed E-state index contributed by atoms with van der Waals surface area (Å²) in [5, 5.41) is 6.64. The zero-order valence-corrected chi connectivity index (χ0v) is 17.6. The van der Waals surface area contributed by atoms with E-state index < -0.39 is 11.7 Å². The molecule has 156 valence electrons. The fourth-order valence-corrected chi connectivity index (χ4v) is 5.87. The number of carbonyl (C=O) groups is 2. The number of esters is 1. The quantitative estimate of drug-likeness (QED) is 0.646. The van der Waals surface area contributed by atoms with Crippen molar-refractivity contribution >= 4 is 28.2 Å². The highest BCUT2D eigenvalue weighted by atomic mass is 16.7. The summed E-state index contributed by atoms with van der Waals surface area (Å²) in [4.78, 5) is 31.5. The molecule has 6 rings (SSSR count). The maximum atomic E-state index is 13.2. The number of hydrogen-bond acceptors (Lipinski definition) is 5. The summed E-state index contributed by atoms with van der Waals surface area (Å²) in [5.74, 6) is -0.529. The number of ether oxygens (including phenoxy) is 1. The van der Waals surface area contributed by atoms with Crippen LogP contribution in [0.3, 0.4) is 0 Å². The summed E-state index contributed by atoms with van der Waals surface area (Å²) in [6.45, 7) is 3.96. The van der Waals surface area contributed by atoms with Crippen molar-refractivity contribution in [2.24, 2.45) is 16.5 Å². The van der Waals surface area contributed by atoms with Crippen LogP contribution in [-0.4, -0.2) is 29.2 Å². The van der Waals surface area contributed by atoms with Crippen LogP contribution in [0.15, 0.2) is 70.9 Å². The van der Waals surface area contributed by atoms with Gasteiger partial charge in [-0.3, -0.25) is 4.79 Å². The molecule has 5 heteroatoms. The molecule has 31 heavy (non-hydrogen) atoms. The number of hydrogen-bond donors (Lipinski definition) is 0. The van der Waals surface area contributed by atoms with E-state index in [1.165, 1.54) is 0 Å². The van der Waals surface area contributed by atoms with Crippen molar-refractivity contribution in [1.82, 2.24) is 0 Å². The van der Waals surface area contributed by atoms with Crippen LogP contribution in [0.5, 0.6) is 0 Å². The van der Waals surface area contributed by atoms with E-state index in [0.29, 0.717) is 12.0 Å². The van der Waals surface area contributed by atoms with Gasteiger partial charge in [-0.1, -0.05) is 54.6 Å². The summed E-state index contributed by atoms with van der Waals surface area (Å²) in [5.41, 5.74) is 1.99. The Kier molecular flexibility index (Phi) is 3.69. The molecule has 1 unspecified atom stereocenters. The number of allylic oxidation sites excluding steroid dienone is 3. The first-order valence-corrected chi connectivity index (χ1v) is 10.8. The minimum atomic E-state index is -1.11. The summed E-state index contributed by atoms with van der Waals surface area (Å²) in [6, 6.07) is 14.3. The number of rotatable bonds is 1. The first-order chi connectivity index (χ1) is 14.9. The van der Waals surface area contributed by atoms with Crippen LogP contribution in [0.25, 0.3) is 10.8 Å². The van der Waals surface area contributed by atoms with Crippen molar-refractivity contribution in [1.29, 1.82) is 0 Å². The smallest absolute Gasteiger partial charge is 0.354 e. The number of carbonyl (C=O) groups excluding carboxylic acids is 2. The fourth-order valence-electron chi connectivity index (χ4n) is 5.87. The van der Waals surface area contributed by atoms with E-state index in [1.807, 2.05) is 31.2 Å². The normalized spacial score (nSPS) is 33.9. The molecule has 4 atom stereocenters. The topological polar surface area (TPSA) is 65.0 Å². The van der Waals surface area contributed by atoms with E-state index >= 15 is 0 Å². The number of benzene rings is 2. The first kappa shape index (κ1) is 18.6. The molecule has 0 aromatic heterocycles. The SMILES string of the molecule is CC1=C2[C@H]3OC(=O)C4(CC(c5ccc6ccccc6c5)=NO4)[C@@H]3CC[C@@]2(C)C=CC1=O. The second kappa shape index (κ2) is 6.16. The lowest BCUT2D eigenvalue weighted by Gasteiger charge is -2.43. The highest BCUT2D eigenvalue weighted by molar-refractivity contribution is 6.08. The standard InChI is InChI=1S/C26H23NO4/c1-15-21(28)10-12-25(2)11-9-19-23(22(15)25)30-24(29)26(19)14-20(27-31-26)18-8-7-16-5-3-4-6-17(16)13-18/h3-8,10,12-13,19,23H,9,11,14H2,1-2H3/t19-,23+,25+,26?/m1/s1. The molecule has 2 aliphatic carbocycles. The molecule has 0 amide bonds. The van der Waals surface area contributed by atoms with Gasteiger partial charge in [0.1, 0.15) is 6.10 Å². The molecule has 2 aromatic carbocycles. The van der Waals surface area contributed by atoms with Crippen LogP contribution in [0.2, 0.25) is 0 Å². The molecule has 5 nitrogen and oxygen atoms in total. The van der Waals surface area contributed by atoms with Crippen molar-refractivity contribution in [3.05, 3.63) is 71.3 Å². The number of oxime groups is 1. The Morgan fingerprint density at radius 1 is 1.10 bits per heavy atom. The Bertz CT molecular complexity index is 1260. The van der Waals surface area contributed by atoms with Crippen LogP contribution >= 0.6 is 0 Å². The van der Waals surface area contributed by atoms with Crippen LogP contribution in [-0.2, 0) is 19.2 Å². The molecule has 1 saturated carbocycles. The lowest BCUT2D eigenvalue weighted by molar-refractivity contribution is -0.158. The van der Waals surface area contributed by atoms with E-state index in [-0.39, 0.29) is 23.1 Å². The van der Waals surface area contributed by atoms with Gasteiger partial charge in [0.05, 0.1) is 11.6 Å². The van der Waals surface area contributed by atoms with Gasteiger partial charge in [0, 0.05) is 23.0 Å². The predicted octanol–water partition coefficient (Wildman–Crippen LogP) is 4.50. The van der Waals surface area contributed by atoms with Crippen LogP contribution in [0, 0.1) is 11.3 Å². The molecule has 1 spiro atoms. The van der Waals surface area contributed by atoms with Gasteiger partial charge < -0.3 is 9.57 Å². The zero-order chi connectivity index (χ0) is 21.4. The minimum absolute atomic E-state index is 0.00873. The number of nitrogens with zero attached hydrogens (tertiary/aromatic N) is 1. The van der Waals surface area contributed by atoms with E-state index in [1.54, 1.807) is 6.08 Å². The molecular formula is C26H23NO4. The Labute approximate surface area is 180 Å². The van der Waals surface area contributed by atoms with Gasteiger partial charge in [0.25, 0.3) is 0 Å². The molecule has 0 bridgehead atoms. The van der Waals surface area contributed by atoms with Gasteiger partial charge in [-0.15, -0.1) is 0 Å². The molecule has 0 N–H and O–H groups in total. The van der Waals surface area contributed by atoms with Crippen molar-refractivity contribution in [2.45, 2.75) is 44.8 Å². The Balaban J connectivity index is 1.35. The van der Waals surface area contributed by atoms with E-state index in [9.17, 15) is 9.59 Å². The maximum absolute atomic E-state index is 13.2. The Hall–Kier alpha value is -3.21. The highest BCUT2D eigenvalue weighted by Crippen LogP contribution is 2.56. The average Bonchev–Trinajstić information content (AvgIpc) is 3.33. The number of fused-ring (bicyclic) bond motifs is 5. The lowest BCUT2D eigenvalue weighted by atomic mass is 9.60. The maximum Gasteiger partial charge on any atom is 0.354 e. The van der Waals surface area contributed by atoms with Gasteiger partial charge in [0.2, 0.25) is 5.60 Å². The third-order valence-corrected chi connectivity index (χ3v) is 7.63. The molecular weight excluding hydrogens is 390 g/mol. The fraction of sp³-hybridized carbons (Fsp3) is 0.346. The summed E-state index contributed by atoms with van der Waals surface area (Å²) in [6.07, 6.45) is 5.20. The van der Waals surface area contributed by atoms with Gasteiger partial charge in [-0.05, 0) is 48.3 Å². The second-order valence-electron chi connectivity index (χ2n) is 9.38. The molecule has 2 fully saturated rings. The van der Waals surface area contributed by atoms with Gasteiger partial charge >= 0.3 is 5.97 Å². The first-order valence-electron chi connectivity index (χ1n) is 10.8. The minimum Gasteiger partial charge on any atom is -0.454 e. The summed E-state index contributed by atoms with van der Waals surface area (Å²) >= 11 is 0. The van der Waals surface area contributed by atoms with Crippen molar-refractivity contribution < 1.29 is 19.2 Å². The van der Waals surface area contributed by atoms with E-state index in [2.05, 4.69) is 36.3 Å². The summed E-state index contributed by atoms with van der Waals surface area (Å²) in [7, 11) is 0. The molecule has 2 aromatic rings. The molecule has 1 saturated heterocycles. The van der Waals surface area contributed by atoms with Crippen LogP contribution < -0.4 is 0 Å². The molecule has 4 aliphatic rings. The van der Waals surface area contributed by atoms with Crippen LogP contribution in [0.1, 0.15) is 38.7 Å². The largest absolute Gasteiger partial charge is 0.454 e. The summed E-state index contributed by atoms with van der Waals surface area (Å²) < 4.78 is 5.93. The van der Waals surface area contributed by atoms with Crippen LogP contribution in [0.4, 0.5) is 0 Å². The lowest BCUT2D eigenvalue weighted by Crippen LogP contribution is -2.47. The predicted molar refractivity (Wildman–Crippen MR) is 116 cm³/mol. The van der Waals surface area contributed by atoms with Gasteiger partial charge in [0.15, 0.2) is 5.78 Å². The Morgan fingerprint density at radius 2 is 1.90 bits per heavy atom. The van der Waals surface area contributed by atoms with E-state index in [4.69, 9.17) is 9.57 Å². The monoisotopic (exact) mass is 413 g/mol. The van der Waals surface area contributed by atoms with Gasteiger partial charge in [-0.2, -0.15) is 0 Å². The van der Waals surface area contributed by atoms with Crippen molar-refractivity contribution in [3.63, 3.8) is 0 Å². The third kappa shape index (κ3) is 2.46. The van der Waals surface area contributed by atoms with Crippen molar-refractivity contribution in [3.8, 4) is 0 Å². The van der Waals surface area contributed by atoms with Gasteiger partial charge in [-0.25, -0.2) is 4.79 Å². The Morgan fingerprint density at radius 3 is 2.74 bits per heavy atom. The molecule has 0 radical (unpaired) electrons. The third-order valence-electron chi connectivity index (χ3n) is 7.63. The molecule has 2 heterocycles. The van der Waals surface area contributed by atoms with Crippen molar-refractivity contribution in [2.75, 3.05) is 0 Å². The molecule has 2 aliphatic heterocycles. The average molecular weight is 413 g/mol. The zero-order valence-electron chi connectivity index (χ0n) is 17.6. The number of ketones is 1. The second-order valence-corrected chi connectivity index (χ2v) is 9.38. The van der Waals surface area contributed by atoms with E-state index in [0.717, 1.165) is 40.5 Å².